The summed E-state index contributed by atoms with van der Waals surface area (Å²) in [5, 5.41) is 13.4. The number of aliphatic hydroxyl groups excluding tert-OH is 1. The van der Waals surface area contributed by atoms with Crippen molar-refractivity contribution in [1.82, 2.24) is 5.32 Å². The fourth-order valence-electron chi connectivity index (χ4n) is 3.39. The van der Waals surface area contributed by atoms with E-state index in [9.17, 15) is 5.11 Å². The van der Waals surface area contributed by atoms with Crippen molar-refractivity contribution < 1.29 is 5.11 Å². The highest BCUT2D eigenvalue weighted by Crippen LogP contribution is 2.55. The van der Waals surface area contributed by atoms with E-state index in [1.165, 1.54) is 19.3 Å². The van der Waals surface area contributed by atoms with Crippen molar-refractivity contribution >= 4 is 0 Å². The molecular formula is C12H21NO. The van der Waals surface area contributed by atoms with Gasteiger partial charge in [0.1, 0.15) is 0 Å². The molecule has 2 saturated carbocycles. The van der Waals surface area contributed by atoms with E-state index in [4.69, 9.17) is 0 Å². The van der Waals surface area contributed by atoms with Crippen molar-refractivity contribution in [2.75, 3.05) is 13.1 Å². The Morgan fingerprint density at radius 3 is 2.43 bits per heavy atom. The highest BCUT2D eigenvalue weighted by Gasteiger charge is 2.48. The molecule has 0 amide bonds. The van der Waals surface area contributed by atoms with Crippen LogP contribution < -0.4 is 5.32 Å². The van der Waals surface area contributed by atoms with Gasteiger partial charge in [0.15, 0.2) is 0 Å². The van der Waals surface area contributed by atoms with Crippen LogP contribution in [0.15, 0.2) is 0 Å². The molecule has 0 bridgehead atoms. The van der Waals surface area contributed by atoms with Crippen LogP contribution in [0.5, 0.6) is 0 Å². The summed E-state index contributed by atoms with van der Waals surface area (Å²) in [5.74, 6) is 2.95. The van der Waals surface area contributed by atoms with Gasteiger partial charge in [-0.05, 0) is 43.4 Å². The molecule has 0 aromatic heterocycles. The third-order valence-corrected chi connectivity index (χ3v) is 4.76. The van der Waals surface area contributed by atoms with E-state index in [0.717, 1.165) is 37.3 Å². The van der Waals surface area contributed by atoms with Gasteiger partial charge < -0.3 is 10.4 Å². The van der Waals surface area contributed by atoms with Crippen LogP contribution in [0.2, 0.25) is 0 Å². The van der Waals surface area contributed by atoms with Crippen molar-refractivity contribution in [2.45, 2.75) is 38.7 Å². The minimum atomic E-state index is -0.0637. The van der Waals surface area contributed by atoms with Gasteiger partial charge in [-0.3, -0.25) is 0 Å². The summed E-state index contributed by atoms with van der Waals surface area (Å²) in [5.41, 5.74) is 0.187. The number of hydrogen-bond acceptors (Lipinski definition) is 2. The number of rotatable bonds is 3. The first-order valence-electron chi connectivity index (χ1n) is 6.06. The van der Waals surface area contributed by atoms with Crippen LogP contribution in [0.4, 0.5) is 0 Å². The lowest BCUT2D eigenvalue weighted by molar-refractivity contribution is -0.0165. The molecule has 2 nitrogen and oxygen atoms in total. The predicted molar refractivity (Wildman–Crippen MR) is 55.9 cm³/mol. The molecule has 80 valence electrons. The first kappa shape index (κ1) is 9.17. The van der Waals surface area contributed by atoms with Gasteiger partial charge in [-0.25, -0.2) is 0 Å². The number of hydrogen-bond donors (Lipinski definition) is 2. The lowest BCUT2D eigenvalue weighted by atomic mass is 9.75. The lowest BCUT2D eigenvalue weighted by Gasteiger charge is -2.44. The average molecular weight is 195 g/mol. The molecule has 1 heterocycles. The van der Waals surface area contributed by atoms with E-state index in [1.807, 2.05) is 0 Å². The maximum absolute atomic E-state index is 10.1. The summed E-state index contributed by atoms with van der Waals surface area (Å²) >= 11 is 0. The van der Waals surface area contributed by atoms with Gasteiger partial charge >= 0.3 is 0 Å². The van der Waals surface area contributed by atoms with Gasteiger partial charge in [0.05, 0.1) is 6.10 Å². The quantitative estimate of drug-likeness (QED) is 0.713. The number of nitrogens with one attached hydrogen (secondary N) is 1. The van der Waals surface area contributed by atoms with Crippen LogP contribution >= 0.6 is 0 Å². The lowest BCUT2D eigenvalue weighted by Crippen LogP contribution is -2.58. The molecule has 0 radical (unpaired) electrons. The van der Waals surface area contributed by atoms with E-state index >= 15 is 0 Å². The van der Waals surface area contributed by atoms with Gasteiger partial charge in [0.2, 0.25) is 0 Å². The molecule has 0 aromatic carbocycles. The van der Waals surface area contributed by atoms with E-state index in [0.29, 0.717) is 0 Å². The standard InChI is InChI=1S/C12H21NO/c1-12(6-13-7-12)11(14)4-8-2-9-5-10(9)3-8/h8-11,13-14H,2-7H2,1H3. The van der Waals surface area contributed by atoms with Crippen molar-refractivity contribution in [2.24, 2.45) is 23.2 Å². The molecule has 1 aliphatic heterocycles. The maximum Gasteiger partial charge on any atom is 0.0620 e. The minimum Gasteiger partial charge on any atom is -0.392 e. The molecule has 2 heteroatoms. The third kappa shape index (κ3) is 1.40. The van der Waals surface area contributed by atoms with Crippen molar-refractivity contribution in [1.29, 1.82) is 0 Å². The zero-order valence-corrected chi connectivity index (χ0v) is 9.00. The largest absolute Gasteiger partial charge is 0.392 e. The molecule has 0 aromatic rings. The summed E-state index contributed by atoms with van der Waals surface area (Å²) in [6.07, 6.45) is 5.30. The topological polar surface area (TPSA) is 32.3 Å². The fraction of sp³-hybridized carbons (Fsp3) is 1.00. The van der Waals surface area contributed by atoms with E-state index < -0.39 is 0 Å². The highest BCUT2D eigenvalue weighted by atomic mass is 16.3. The zero-order valence-electron chi connectivity index (χ0n) is 9.00. The number of fused-ring (bicyclic) bond motifs is 1. The molecule has 14 heavy (non-hydrogen) atoms. The minimum absolute atomic E-state index is 0.0637. The monoisotopic (exact) mass is 195 g/mol. The summed E-state index contributed by atoms with van der Waals surface area (Å²) in [7, 11) is 0. The van der Waals surface area contributed by atoms with E-state index in [-0.39, 0.29) is 11.5 Å². The molecule has 1 saturated heterocycles. The van der Waals surface area contributed by atoms with Crippen LogP contribution in [0.25, 0.3) is 0 Å². The SMILES string of the molecule is CC1(C(O)CC2CC3CC3C2)CNC1. The Hall–Kier alpha value is -0.0800. The van der Waals surface area contributed by atoms with Crippen molar-refractivity contribution in [3.8, 4) is 0 Å². The Morgan fingerprint density at radius 2 is 1.93 bits per heavy atom. The van der Waals surface area contributed by atoms with Crippen LogP contribution in [-0.2, 0) is 0 Å². The fourth-order valence-corrected chi connectivity index (χ4v) is 3.39. The predicted octanol–water partition coefficient (Wildman–Crippen LogP) is 1.39. The Kier molecular flexibility index (Phi) is 1.94. The van der Waals surface area contributed by atoms with Gasteiger partial charge in [0.25, 0.3) is 0 Å². The van der Waals surface area contributed by atoms with Gasteiger partial charge in [-0.2, -0.15) is 0 Å². The van der Waals surface area contributed by atoms with Gasteiger partial charge in [-0.1, -0.05) is 6.92 Å². The molecule has 3 aliphatic rings. The van der Waals surface area contributed by atoms with Crippen LogP contribution in [0.3, 0.4) is 0 Å². The normalized spacial score (nSPS) is 45.4. The Bertz CT molecular complexity index is 226. The molecule has 3 fully saturated rings. The second kappa shape index (κ2) is 2.96. The summed E-state index contributed by atoms with van der Waals surface area (Å²) in [6.45, 7) is 4.23. The van der Waals surface area contributed by atoms with Crippen molar-refractivity contribution in [3.05, 3.63) is 0 Å². The summed E-state index contributed by atoms with van der Waals surface area (Å²) < 4.78 is 0. The Balaban J connectivity index is 1.51. The Labute approximate surface area is 86.1 Å². The zero-order chi connectivity index (χ0) is 9.76. The first-order chi connectivity index (χ1) is 6.67. The summed E-state index contributed by atoms with van der Waals surface area (Å²) in [6, 6.07) is 0. The third-order valence-electron chi connectivity index (χ3n) is 4.76. The molecule has 2 N–H and O–H groups in total. The van der Waals surface area contributed by atoms with Crippen LogP contribution in [0.1, 0.15) is 32.6 Å². The van der Waals surface area contributed by atoms with Gasteiger partial charge in [-0.15, -0.1) is 0 Å². The molecule has 3 unspecified atom stereocenters. The smallest absolute Gasteiger partial charge is 0.0620 e. The van der Waals surface area contributed by atoms with Crippen LogP contribution in [-0.4, -0.2) is 24.3 Å². The van der Waals surface area contributed by atoms with E-state index in [2.05, 4.69) is 12.2 Å². The number of aliphatic hydroxyl groups is 1. The van der Waals surface area contributed by atoms with E-state index in [1.54, 1.807) is 0 Å². The second-order valence-corrected chi connectivity index (χ2v) is 6.10. The first-order valence-corrected chi connectivity index (χ1v) is 6.06. The maximum atomic E-state index is 10.1. The molecule has 3 atom stereocenters. The summed E-state index contributed by atoms with van der Waals surface area (Å²) in [4.78, 5) is 0. The van der Waals surface area contributed by atoms with Crippen molar-refractivity contribution in [3.63, 3.8) is 0 Å². The highest BCUT2D eigenvalue weighted by molar-refractivity contribution is 4.99. The second-order valence-electron chi connectivity index (χ2n) is 6.10. The van der Waals surface area contributed by atoms with Gasteiger partial charge in [0, 0.05) is 18.5 Å². The molecule has 3 rings (SSSR count). The Morgan fingerprint density at radius 1 is 1.29 bits per heavy atom. The molecular weight excluding hydrogens is 174 g/mol. The molecule has 2 aliphatic carbocycles. The van der Waals surface area contributed by atoms with Crippen LogP contribution in [0, 0.1) is 23.2 Å². The average Bonchev–Trinajstić information content (AvgIpc) is 2.70. The molecule has 0 spiro atoms.